The molecule has 1 aromatic carbocycles. The molecular weight excluding hydrogens is 377 g/mol. The highest BCUT2D eigenvalue weighted by atomic mass is 35.5. The molecule has 0 N–H and O–H groups in total. The fraction of sp³-hybridized carbons (Fsp3) is 0.375. The molecule has 0 amide bonds. The summed E-state index contributed by atoms with van der Waals surface area (Å²) < 4.78 is 37.4. The average Bonchev–Trinajstić information content (AvgIpc) is 2.53. The first-order valence-electron chi connectivity index (χ1n) is 7.20. The van der Waals surface area contributed by atoms with Crippen LogP contribution in [0.3, 0.4) is 0 Å². The zero-order valence-electron chi connectivity index (χ0n) is 12.8. The number of halogens is 4. The van der Waals surface area contributed by atoms with Crippen molar-refractivity contribution in [3.8, 4) is 0 Å². The van der Waals surface area contributed by atoms with Gasteiger partial charge in [0.05, 0.1) is 22.9 Å². The van der Waals surface area contributed by atoms with Gasteiger partial charge in [-0.2, -0.15) is 13.2 Å². The van der Waals surface area contributed by atoms with E-state index in [1.165, 1.54) is 11.8 Å². The summed E-state index contributed by atoms with van der Waals surface area (Å²) in [5, 5.41) is 0.636. The first-order valence-corrected chi connectivity index (χ1v) is 9.55. The van der Waals surface area contributed by atoms with Crippen LogP contribution in [0.15, 0.2) is 44.9 Å². The number of thioether (sulfide) groups is 2. The maximum absolute atomic E-state index is 12.5. The Balaban J connectivity index is 2.20. The van der Waals surface area contributed by atoms with Crippen LogP contribution in [0, 0.1) is 0 Å². The number of aliphatic imine (C=N–C) groups is 2. The standard InChI is InChI=1S/C16H16ClF3N2S2/c1-21-14(10-24-16(18,19)20)15-13(6-3-7-23-15)22-9-11-4-2-5-12(17)8-11/h2,4-5,8H,1,3,6-7,9-10H2/b15-14+,22-13-. The Bertz CT molecular complexity index is 657. The normalized spacial score (nSPS) is 19.4. The highest BCUT2D eigenvalue weighted by Crippen LogP contribution is 2.36. The lowest BCUT2D eigenvalue weighted by Gasteiger charge is -2.19. The Morgan fingerprint density at radius 3 is 2.83 bits per heavy atom. The summed E-state index contributed by atoms with van der Waals surface area (Å²) in [6.45, 7) is 3.87. The van der Waals surface area contributed by atoms with Gasteiger partial charge in [-0.15, -0.1) is 11.8 Å². The number of alkyl halides is 3. The van der Waals surface area contributed by atoms with E-state index in [2.05, 4.69) is 16.7 Å². The van der Waals surface area contributed by atoms with Gasteiger partial charge in [0.2, 0.25) is 0 Å². The Hall–Kier alpha value is -0.920. The Kier molecular flexibility index (Phi) is 7.25. The molecule has 1 aromatic rings. The van der Waals surface area contributed by atoms with E-state index >= 15 is 0 Å². The smallest absolute Gasteiger partial charge is 0.284 e. The van der Waals surface area contributed by atoms with E-state index in [0.717, 1.165) is 34.8 Å². The van der Waals surface area contributed by atoms with E-state index in [4.69, 9.17) is 11.6 Å². The van der Waals surface area contributed by atoms with Gasteiger partial charge in [0.25, 0.3) is 0 Å². The Labute approximate surface area is 152 Å². The molecule has 1 heterocycles. The van der Waals surface area contributed by atoms with Crippen LogP contribution in [-0.2, 0) is 6.54 Å². The molecule has 0 radical (unpaired) electrons. The number of hydrogen-bond donors (Lipinski definition) is 0. The monoisotopic (exact) mass is 392 g/mol. The van der Waals surface area contributed by atoms with Crippen molar-refractivity contribution in [1.29, 1.82) is 0 Å². The molecule has 0 atom stereocenters. The zero-order chi connectivity index (χ0) is 17.6. The lowest BCUT2D eigenvalue weighted by atomic mass is 10.1. The van der Waals surface area contributed by atoms with E-state index in [1.54, 1.807) is 6.07 Å². The van der Waals surface area contributed by atoms with Gasteiger partial charge in [-0.3, -0.25) is 9.98 Å². The maximum Gasteiger partial charge on any atom is 0.442 e. The summed E-state index contributed by atoms with van der Waals surface area (Å²) in [7, 11) is 0. The molecule has 2 rings (SSSR count). The first kappa shape index (κ1) is 19.4. The van der Waals surface area contributed by atoms with Gasteiger partial charge in [0.15, 0.2) is 0 Å². The van der Waals surface area contributed by atoms with Crippen LogP contribution < -0.4 is 0 Å². The van der Waals surface area contributed by atoms with E-state index < -0.39 is 5.51 Å². The Morgan fingerprint density at radius 1 is 1.38 bits per heavy atom. The maximum atomic E-state index is 12.5. The second-order valence-electron chi connectivity index (χ2n) is 5.01. The van der Waals surface area contributed by atoms with Crippen molar-refractivity contribution in [2.75, 3.05) is 11.5 Å². The van der Waals surface area contributed by atoms with Crippen LogP contribution in [0.5, 0.6) is 0 Å². The van der Waals surface area contributed by atoms with Crippen LogP contribution in [0.25, 0.3) is 0 Å². The molecule has 0 saturated carbocycles. The van der Waals surface area contributed by atoms with E-state index in [1.807, 2.05) is 18.2 Å². The van der Waals surface area contributed by atoms with Crippen LogP contribution in [0.1, 0.15) is 18.4 Å². The second-order valence-corrected chi connectivity index (χ2v) is 7.60. The van der Waals surface area contributed by atoms with Crippen molar-refractivity contribution in [2.24, 2.45) is 9.98 Å². The predicted octanol–water partition coefficient (Wildman–Crippen LogP) is 5.97. The molecule has 2 nitrogen and oxygen atoms in total. The van der Waals surface area contributed by atoms with E-state index in [9.17, 15) is 13.2 Å². The summed E-state index contributed by atoms with van der Waals surface area (Å²) in [4.78, 5) is 9.14. The summed E-state index contributed by atoms with van der Waals surface area (Å²) >= 11 is 7.36. The first-order chi connectivity index (χ1) is 11.4. The quantitative estimate of drug-likeness (QED) is 0.576. The van der Waals surface area contributed by atoms with Crippen LogP contribution in [-0.4, -0.2) is 29.4 Å². The molecule has 0 aromatic heterocycles. The van der Waals surface area contributed by atoms with Crippen LogP contribution in [0.2, 0.25) is 5.02 Å². The molecule has 130 valence electrons. The predicted molar refractivity (Wildman–Crippen MR) is 99.4 cm³/mol. The number of allylic oxidation sites excluding steroid dienone is 1. The van der Waals surface area contributed by atoms with Crippen molar-refractivity contribution in [1.82, 2.24) is 0 Å². The number of benzene rings is 1. The second kappa shape index (κ2) is 8.97. The van der Waals surface area contributed by atoms with Crippen molar-refractivity contribution in [3.05, 3.63) is 45.5 Å². The SMILES string of the molecule is C=N/C(CSC(F)(F)F)=C1/SCCC/C1=N/Cc1cccc(Cl)c1. The fourth-order valence-corrected chi connectivity index (χ4v) is 4.14. The molecule has 0 bridgehead atoms. The average molecular weight is 393 g/mol. The third-order valence-corrected chi connectivity index (χ3v) is 5.47. The van der Waals surface area contributed by atoms with Gasteiger partial charge in [0, 0.05) is 10.8 Å². The van der Waals surface area contributed by atoms with Gasteiger partial charge in [-0.1, -0.05) is 23.7 Å². The summed E-state index contributed by atoms with van der Waals surface area (Å²) in [6, 6.07) is 7.38. The molecule has 1 aliphatic rings. The summed E-state index contributed by atoms with van der Waals surface area (Å²) in [5.41, 5.74) is -2.17. The topological polar surface area (TPSA) is 24.7 Å². The molecule has 1 fully saturated rings. The molecular formula is C16H16ClF3N2S2. The minimum Gasteiger partial charge on any atom is -0.284 e. The van der Waals surface area contributed by atoms with Crippen molar-refractivity contribution >= 4 is 47.6 Å². The molecule has 0 aliphatic carbocycles. The lowest BCUT2D eigenvalue weighted by molar-refractivity contribution is -0.0326. The summed E-state index contributed by atoms with van der Waals surface area (Å²) in [5.74, 6) is 0.604. The van der Waals surface area contributed by atoms with Gasteiger partial charge in [0.1, 0.15) is 0 Å². The zero-order valence-corrected chi connectivity index (χ0v) is 15.2. The van der Waals surface area contributed by atoms with Crippen LogP contribution in [0.4, 0.5) is 13.2 Å². The number of nitrogens with zero attached hydrogens (tertiary/aromatic N) is 2. The van der Waals surface area contributed by atoms with Crippen LogP contribution >= 0.6 is 35.1 Å². The number of rotatable bonds is 5. The minimum atomic E-state index is -4.28. The molecule has 0 unspecified atom stereocenters. The van der Waals surface area contributed by atoms with Gasteiger partial charge in [-0.05, 0) is 54.8 Å². The number of hydrogen-bond acceptors (Lipinski definition) is 4. The third kappa shape index (κ3) is 6.18. The largest absolute Gasteiger partial charge is 0.442 e. The van der Waals surface area contributed by atoms with E-state index in [-0.39, 0.29) is 17.5 Å². The third-order valence-electron chi connectivity index (χ3n) is 3.23. The minimum absolute atomic E-state index is 0.0990. The highest BCUT2D eigenvalue weighted by Gasteiger charge is 2.29. The van der Waals surface area contributed by atoms with Crippen molar-refractivity contribution in [2.45, 2.75) is 24.9 Å². The molecule has 8 heteroatoms. The van der Waals surface area contributed by atoms with Gasteiger partial charge < -0.3 is 0 Å². The highest BCUT2D eigenvalue weighted by molar-refractivity contribution is 8.04. The fourth-order valence-electron chi connectivity index (χ4n) is 2.17. The molecule has 24 heavy (non-hydrogen) atoms. The van der Waals surface area contributed by atoms with Crippen molar-refractivity contribution < 1.29 is 13.2 Å². The molecule has 1 saturated heterocycles. The lowest BCUT2D eigenvalue weighted by Crippen LogP contribution is -2.12. The van der Waals surface area contributed by atoms with Crippen molar-refractivity contribution in [3.63, 3.8) is 0 Å². The van der Waals surface area contributed by atoms with Gasteiger partial charge >= 0.3 is 5.51 Å². The van der Waals surface area contributed by atoms with Gasteiger partial charge in [-0.25, -0.2) is 0 Å². The summed E-state index contributed by atoms with van der Waals surface area (Å²) in [6.07, 6.45) is 1.68. The molecule has 1 aliphatic heterocycles. The van der Waals surface area contributed by atoms with E-state index in [0.29, 0.717) is 17.3 Å². The Morgan fingerprint density at radius 2 is 2.17 bits per heavy atom. The molecule has 0 spiro atoms.